The summed E-state index contributed by atoms with van der Waals surface area (Å²) < 4.78 is 0. The van der Waals surface area contributed by atoms with Crippen LogP contribution in [0.4, 0.5) is 0 Å². The largest absolute Gasteiger partial charge is 0.233 e. The highest BCUT2D eigenvalue weighted by molar-refractivity contribution is 6.29. The molecule has 0 bridgehead atoms. The average Bonchev–Trinajstić information content (AvgIpc) is 2.38. The van der Waals surface area contributed by atoms with E-state index >= 15 is 0 Å². The van der Waals surface area contributed by atoms with E-state index in [9.17, 15) is 0 Å². The van der Waals surface area contributed by atoms with Gasteiger partial charge in [-0.05, 0) is 24.0 Å². The number of nitrogens with zero attached hydrogens (tertiary/aromatic N) is 2. The van der Waals surface area contributed by atoms with Crippen molar-refractivity contribution in [3.8, 4) is 11.4 Å². The second-order valence-corrected chi connectivity index (χ2v) is 5.42. The van der Waals surface area contributed by atoms with Crippen LogP contribution in [0.5, 0.6) is 0 Å². The van der Waals surface area contributed by atoms with Gasteiger partial charge in [-0.1, -0.05) is 63.1 Å². The van der Waals surface area contributed by atoms with Gasteiger partial charge in [0.15, 0.2) is 5.82 Å². The fourth-order valence-corrected chi connectivity index (χ4v) is 2.20. The molecule has 0 spiro atoms. The Balaban J connectivity index is 2.35. The Hall–Kier alpha value is -1.41. The maximum atomic E-state index is 6.07. The Morgan fingerprint density at radius 3 is 2.37 bits per heavy atom. The number of hydrogen-bond donors (Lipinski definition) is 0. The summed E-state index contributed by atoms with van der Waals surface area (Å²) in [7, 11) is 0. The van der Waals surface area contributed by atoms with Crippen LogP contribution in [0, 0.1) is 0 Å². The SMILES string of the molecule is CCCc1cc(Cl)nc(-c2ccc(C(C)C)cc2)n1. The summed E-state index contributed by atoms with van der Waals surface area (Å²) in [6.07, 6.45) is 1.98. The van der Waals surface area contributed by atoms with E-state index in [2.05, 4.69) is 55.0 Å². The first-order valence-corrected chi connectivity index (χ1v) is 7.11. The lowest BCUT2D eigenvalue weighted by atomic mass is 10.0. The molecule has 0 atom stereocenters. The van der Waals surface area contributed by atoms with Crippen LogP contribution in [0.25, 0.3) is 11.4 Å². The van der Waals surface area contributed by atoms with E-state index in [-0.39, 0.29) is 0 Å². The van der Waals surface area contributed by atoms with Crippen LogP contribution in [0.2, 0.25) is 5.15 Å². The van der Waals surface area contributed by atoms with E-state index < -0.39 is 0 Å². The second kappa shape index (κ2) is 6.16. The fourth-order valence-electron chi connectivity index (χ4n) is 1.99. The van der Waals surface area contributed by atoms with Gasteiger partial charge < -0.3 is 0 Å². The predicted octanol–water partition coefficient (Wildman–Crippen LogP) is 4.87. The smallest absolute Gasteiger partial charge is 0.161 e. The monoisotopic (exact) mass is 274 g/mol. The molecule has 0 N–H and O–H groups in total. The quantitative estimate of drug-likeness (QED) is 0.743. The van der Waals surface area contributed by atoms with Crippen molar-refractivity contribution >= 4 is 11.6 Å². The van der Waals surface area contributed by atoms with E-state index in [4.69, 9.17) is 11.6 Å². The molecule has 100 valence electrons. The molecule has 2 aromatic rings. The minimum atomic E-state index is 0.515. The molecule has 19 heavy (non-hydrogen) atoms. The van der Waals surface area contributed by atoms with Gasteiger partial charge in [0.05, 0.1) is 0 Å². The van der Waals surface area contributed by atoms with Crippen molar-refractivity contribution in [1.29, 1.82) is 0 Å². The molecule has 0 unspecified atom stereocenters. The van der Waals surface area contributed by atoms with Crippen molar-refractivity contribution in [3.63, 3.8) is 0 Å². The van der Waals surface area contributed by atoms with Gasteiger partial charge in [-0.15, -0.1) is 0 Å². The standard InChI is InChI=1S/C16H19ClN2/c1-4-5-14-10-15(17)19-16(18-14)13-8-6-12(7-9-13)11(2)3/h6-11H,4-5H2,1-3H3. The third kappa shape index (κ3) is 3.54. The molecule has 2 rings (SSSR count). The van der Waals surface area contributed by atoms with Gasteiger partial charge in [0.2, 0.25) is 0 Å². The van der Waals surface area contributed by atoms with Gasteiger partial charge in [-0.25, -0.2) is 9.97 Å². The molecule has 0 saturated heterocycles. The molecule has 0 fully saturated rings. The fraction of sp³-hybridized carbons (Fsp3) is 0.375. The zero-order valence-corrected chi connectivity index (χ0v) is 12.4. The molecule has 1 aromatic heterocycles. The van der Waals surface area contributed by atoms with Crippen LogP contribution in [0.1, 0.15) is 44.4 Å². The molecular formula is C16H19ClN2. The Labute approximate surface area is 119 Å². The highest BCUT2D eigenvalue weighted by Crippen LogP contribution is 2.22. The molecule has 1 aromatic carbocycles. The summed E-state index contributed by atoms with van der Waals surface area (Å²) in [6, 6.07) is 10.2. The van der Waals surface area contributed by atoms with Crippen LogP contribution in [0.15, 0.2) is 30.3 Å². The number of aromatic nitrogens is 2. The maximum absolute atomic E-state index is 6.07. The Kier molecular flexibility index (Phi) is 4.54. The summed E-state index contributed by atoms with van der Waals surface area (Å²) >= 11 is 6.07. The van der Waals surface area contributed by atoms with Gasteiger partial charge in [-0.3, -0.25) is 0 Å². The van der Waals surface area contributed by atoms with Crippen molar-refractivity contribution < 1.29 is 0 Å². The lowest BCUT2D eigenvalue weighted by Gasteiger charge is -2.07. The maximum Gasteiger partial charge on any atom is 0.161 e. The topological polar surface area (TPSA) is 25.8 Å². The van der Waals surface area contributed by atoms with E-state index in [1.165, 1.54) is 5.56 Å². The van der Waals surface area contributed by atoms with Gasteiger partial charge >= 0.3 is 0 Å². The molecule has 0 saturated carbocycles. The minimum absolute atomic E-state index is 0.515. The van der Waals surface area contributed by atoms with E-state index in [0.29, 0.717) is 16.9 Å². The van der Waals surface area contributed by atoms with Crippen molar-refractivity contribution in [2.45, 2.75) is 39.5 Å². The predicted molar refractivity (Wildman–Crippen MR) is 80.6 cm³/mol. The summed E-state index contributed by atoms with van der Waals surface area (Å²) in [4.78, 5) is 8.89. The number of hydrogen-bond acceptors (Lipinski definition) is 2. The Morgan fingerprint density at radius 1 is 1.11 bits per heavy atom. The first kappa shape index (κ1) is 14.0. The lowest BCUT2D eigenvalue weighted by Crippen LogP contribution is -1.96. The van der Waals surface area contributed by atoms with Gasteiger partial charge in [0.25, 0.3) is 0 Å². The average molecular weight is 275 g/mol. The van der Waals surface area contributed by atoms with Crippen LogP contribution in [0.3, 0.4) is 0 Å². The van der Waals surface area contributed by atoms with Crippen molar-refractivity contribution in [2.75, 3.05) is 0 Å². The summed E-state index contributed by atoms with van der Waals surface area (Å²) in [5.74, 6) is 1.25. The molecule has 2 nitrogen and oxygen atoms in total. The lowest BCUT2D eigenvalue weighted by molar-refractivity contribution is 0.865. The number of halogens is 1. The van der Waals surface area contributed by atoms with E-state index in [1.807, 2.05) is 6.07 Å². The third-order valence-electron chi connectivity index (χ3n) is 3.09. The van der Waals surface area contributed by atoms with Gasteiger partial charge in [0, 0.05) is 11.3 Å². The molecule has 0 aliphatic rings. The van der Waals surface area contributed by atoms with Gasteiger partial charge in [-0.2, -0.15) is 0 Å². The first-order chi connectivity index (χ1) is 9.10. The van der Waals surface area contributed by atoms with E-state index in [0.717, 1.165) is 24.1 Å². The molecule has 0 aliphatic heterocycles. The van der Waals surface area contributed by atoms with Crippen LogP contribution in [-0.4, -0.2) is 9.97 Å². The highest BCUT2D eigenvalue weighted by atomic mass is 35.5. The Morgan fingerprint density at radius 2 is 1.79 bits per heavy atom. The van der Waals surface area contributed by atoms with Crippen molar-refractivity contribution in [1.82, 2.24) is 9.97 Å². The number of aryl methyl sites for hydroxylation is 1. The zero-order valence-electron chi connectivity index (χ0n) is 11.7. The van der Waals surface area contributed by atoms with Crippen molar-refractivity contribution in [3.05, 3.63) is 46.7 Å². The molecule has 0 amide bonds. The van der Waals surface area contributed by atoms with Crippen LogP contribution >= 0.6 is 11.6 Å². The summed E-state index contributed by atoms with van der Waals surface area (Å²) in [5.41, 5.74) is 3.34. The minimum Gasteiger partial charge on any atom is -0.233 e. The van der Waals surface area contributed by atoms with Crippen LogP contribution in [-0.2, 0) is 6.42 Å². The highest BCUT2D eigenvalue weighted by Gasteiger charge is 2.06. The molecule has 3 heteroatoms. The second-order valence-electron chi connectivity index (χ2n) is 5.03. The zero-order chi connectivity index (χ0) is 13.8. The Bertz CT molecular complexity index is 547. The molecular weight excluding hydrogens is 256 g/mol. The molecule has 0 radical (unpaired) electrons. The van der Waals surface area contributed by atoms with Crippen LogP contribution < -0.4 is 0 Å². The summed E-state index contributed by atoms with van der Waals surface area (Å²) in [6.45, 7) is 6.50. The molecule has 1 heterocycles. The number of benzene rings is 1. The third-order valence-corrected chi connectivity index (χ3v) is 3.28. The molecule has 0 aliphatic carbocycles. The first-order valence-electron chi connectivity index (χ1n) is 6.74. The number of rotatable bonds is 4. The van der Waals surface area contributed by atoms with Gasteiger partial charge in [0.1, 0.15) is 5.15 Å². The van der Waals surface area contributed by atoms with Crippen molar-refractivity contribution in [2.24, 2.45) is 0 Å². The summed E-state index contributed by atoms with van der Waals surface area (Å²) in [5, 5.41) is 0.515. The van der Waals surface area contributed by atoms with E-state index in [1.54, 1.807) is 0 Å². The normalized spacial score (nSPS) is 11.0.